The number of nitrogens with one attached hydrogen (secondary N) is 2. The number of aromatic amines is 2. The molecule has 0 saturated carbocycles. The molecular formula is C26H29N9. The van der Waals surface area contributed by atoms with Crippen LogP contribution in [0.5, 0.6) is 0 Å². The van der Waals surface area contributed by atoms with Crippen molar-refractivity contribution in [3.05, 3.63) is 54.6 Å². The summed E-state index contributed by atoms with van der Waals surface area (Å²) in [6, 6.07) is 8.60. The van der Waals surface area contributed by atoms with E-state index >= 15 is 0 Å². The molecule has 6 heterocycles. The molecule has 9 nitrogen and oxygen atoms in total. The van der Waals surface area contributed by atoms with Crippen molar-refractivity contribution in [3.63, 3.8) is 0 Å². The van der Waals surface area contributed by atoms with E-state index in [1.807, 2.05) is 24.8 Å². The molecule has 0 unspecified atom stereocenters. The molecule has 0 aromatic carbocycles. The molecule has 0 aliphatic carbocycles. The van der Waals surface area contributed by atoms with E-state index in [1.165, 1.54) is 5.69 Å². The van der Waals surface area contributed by atoms with E-state index in [9.17, 15) is 0 Å². The summed E-state index contributed by atoms with van der Waals surface area (Å²) in [5.74, 6) is 0. The highest BCUT2D eigenvalue weighted by atomic mass is 15.2. The van der Waals surface area contributed by atoms with E-state index in [1.54, 1.807) is 0 Å². The number of hydrogen-bond donors (Lipinski definition) is 2. The van der Waals surface area contributed by atoms with Crippen LogP contribution in [0.15, 0.2) is 49.1 Å². The molecule has 0 atom stereocenters. The lowest BCUT2D eigenvalue weighted by atomic mass is 10.1. The molecule has 6 rings (SSSR count). The highest BCUT2D eigenvalue weighted by Crippen LogP contribution is 2.33. The van der Waals surface area contributed by atoms with Gasteiger partial charge in [0, 0.05) is 85.1 Å². The molecule has 5 aromatic rings. The van der Waals surface area contributed by atoms with Gasteiger partial charge in [0.25, 0.3) is 0 Å². The van der Waals surface area contributed by atoms with Gasteiger partial charge >= 0.3 is 0 Å². The second-order valence-electron chi connectivity index (χ2n) is 9.58. The summed E-state index contributed by atoms with van der Waals surface area (Å²) in [5.41, 5.74) is 7.87. The van der Waals surface area contributed by atoms with Gasteiger partial charge in [-0.25, -0.2) is 9.97 Å². The molecule has 0 amide bonds. The van der Waals surface area contributed by atoms with Crippen LogP contribution in [0.2, 0.25) is 0 Å². The number of pyridine rings is 3. The molecule has 0 spiro atoms. The number of likely N-dealkylation sites (N-methyl/N-ethyl adjacent to an activating group) is 1. The first-order chi connectivity index (χ1) is 17.0. The van der Waals surface area contributed by atoms with Crippen molar-refractivity contribution in [2.75, 3.05) is 52.2 Å². The Labute approximate surface area is 203 Å². The Morgan fingerprint density at radius 1 is 0.943 bits per heavy atom. The number of hydrogen-bond acceptors (Lipinski definition) is 7. The zero-order chi connectivity index (χ0) is 23.9. The first-order valence-electron chi connectivity index (χ1n) is 11.9. The number of nitrogens with zero attached hydrogens (tertiary/aromatic N) is 7. The predicted octanol–water partition coefficient (Wildman–Crippen LogP) is 3.38. The van der Waals surface area contributed by atoms with Crippen molar-refractivity contribution in [1.82, 2.24) is 39.9 Å². The molecule has 5 aromatic heterocycles. The minimum atomic E-state index is 0.687. The lowest BCUT2D eigenvalue weighted by Gasteiger charge is -2.34. The third kappa shape index (κ3) is 4.13. The van der Waals surface area contributed by atoms with Crippen LogP contribution < -0.4 is 4.90 Å². The number of fused-ring (bicyclic) bond motifs is 2. The lowest BCUT2D eigenvalue weighted by Crippen LogP contribution is -2.44. The van der Waals surface area contributed by atoms with Crippen LogP contribution in [0.25, 0.3) is 44.6 Å². The molecule has 35 heavy (non-hydrogen) atoms. The molecular weight excluding hydrogens is 438 g/mol. The quantitative estimate of drug-likeness (QED) is 0.409. The summed E-state index contributed by atoms with van der Waals surface area (Å²) in [7, 11) is 6.29. The largest absolute Gasteiger partial charge is 0.368 e. The fourth-order valence-corrected chi connectivity index (χ4v) is 4.83. The van der Waals surface area contributed by atoms with E-state index < -0.39 is 0 Å². The first kappa shape index (κ1) is 21.7. The minimum Gasteiger partial charge on any atom is -0.368 e. The van der Waals surface area contributed by atoms with Gasteiger partial charge < -0.3 is 19.7 Å². The first-order valence-corrected chi connectivity index (χ1v) is 11.9. The Bertz CT molecular complexity index is 1490. The molecule has 9 heteroatoms. The monoisotopic (exact) mass is 467 g/mol. The van der Waals surface area contributed by atoms with Crippen LogP contribution in [0, 0.1) is 0 Å². The highest BCUT2D eigenvalue weighted by Gasteiger charge is 2.19. The van der Waals surface area contributed by atoms with E-state index in [-0.39, 0.29) is 0 Å². The number of H-pyrrole nitrogens is 2. The van der Waals surface area contributed by atoms with E-state index in [4.69, 9.17) is 0 Å². The Balaban J connectivity index is 1.39. The molecule has 0 bridgehead atoms. The highest BCUT2D eigenvalue weighted by molar-refractivity contribution is 5.98. The fraction of sp³-hybridized carbons (Fsp3) is 0.308. The van der Waals surface area contributed by atoms with Gasteiger partial charge in [-0.2, -0.15) is 5.10 Å². The zero-order valence-corrected chi connectivity index (χ0v) is 20.3. The average Bonchev–Trinajstić information content (AvgIpc) is 3.48. The topological polar surface area (TPSA) is 92.9 Å². The van der Waals surface area contributed by atoms with E-state index in [0.717, 1.165) is 77.2 Å². The second kappa shape index (κ2) is 8.75. The van der Waals surface area contributed by atoms with Crippen molar-refractivity contribution in [2.45, 2.75) is 6.54 Å². The van der Waals surface area contributed by atoms with Gasteiger partial charge in [0.2, 0.25) is 0 Å². The second-order valence-corrected chi connectivity index (χ2v) is 9.58. The van der Waals surface area contributed by atoms with Crippen LogP contribution in [0.1, 0.15) is 5.56 Å². The molecule has 178 valence electrons. The fourth-order valence-electron chi connectivity index (χ4n) is 4.83. The van der Waals surface area contributed by atoms with Gasteiger partial charge in [-0.1, -0.05) is 0 Å². The van der Waals surface area contributed by atoms with Gasteiger partial charge in [0.1, 0.15) is 5.65 Å². The van der Waals surface area contributed by atoms with Crippen molar-refractivity contribution in [3.8, 4) is 22.5 Å². The van der Waals surface area contributed by atoms with E-state index in [0.29, 0.717) is 5.65 Å². The van der Waals surface area contributed by atoms with E-state index in [2.05, 4.69) is 90.2 Å². The van der Waals surface area contributed by atoms with Gasteiger partial charge in [-0.3, -0.25) is 10.1 Å². The maximum absolute atomic E-state index is 4.62. The average molecular weight is 468 g/mol. The number of anilines is 1. The van der Waals surface area contributed by atoms with Crippen molar-refractivity contribution in [2.24, 2.45) is 0 Å². The minimum absolute atomic E-state index is 0.687. The summed E-state index contributed by atoms with van der Waals surface area (Å²) in [6.45, 7) is 4.98. The van der Waals surface area contributed by atoms with Gasteiger partial charge in [0.05, 0.1) is 11.4 Å². The Morgan fingerprint density at radius 3 is 2.60 bits per heavy atom. The Hall–Kier alpha value is -3.82. The number of piperazine rings is 1. The standard InChI is InChI=1S/C26H29N9/c1-33(2)16-17-10-18(14-27-13-17)19-11-21-24(31-32-26(21)29-15-19)22-12-20-23(4-5-28-25(20)30-22)35-8-6-34(3)7-9-35/h4-5,10-15H,6-9,16H2,1-3H3,(H,28,30)(H,29,31,32). The van der Waals surface area contributed by atoms with Crippen molar-refractivity contribution < 1.29 is 0 Å². The SMILES string of the molecule is CN(C)Cc1cncc(-c2cnc3n[nH]c(-c4cc5c(N6CCN(C)CC6)ccnc5[nH]4)c3c2)c1. The normalized spacial score (nSPS) is 15.0. The Morgan fingerprint density at radius 2 is 1.77 bits per heavy atom. The molecule has 1 saturated heterocycles. The Kier molecular flexibility index (Phi) is 5.43. The van der Waals surface area contributed by atoms with Crippen LogP contribution in [-0.2, 0) is 6.54 Å². The van der Waals surface area contributed by atoms with Crippen LogP contribution in [0.3, 0.4) is 0 Å². The summed E-state index contributed by atoms with van der Waals surface area (Å²) < 4.78 is 0. The summed E-state index contributed by atoms with van der Waals surface area (Å²) in [6.07, 6.45) is 7.54. The molecule has 2 N–H and O–H groups in total. The third-order valence-corrected chi connectivity index (χ3v) is 6.66. The van der Waals surface area contributed by atoms with Crippen molar-refractivity contribution >= 4 is 27.8 Å². The summed E-state index contributed by atoms with van der Waals surface area (Å²) >= 11 is 0. The van der Waals surface area contributed by atoms with Crippen molar-refractivity contribution in [1.29, 1.82) is 0 Å². The zero-order valence-electron chi connectivity index (χ0n) is 20.3. The van der Waals surface area contributed by atoms with Crippen LogP contribution in [0.4, 0.5) is 5.69 Å². The molecule has 1 fully saturated rings. The molecule has 1 aliphatic heterocycles. The van der Waals surface area contributed by atoms with Crippen LogP contribution in [-0.4, -0.2) is 87.3 Å². The smallest absolute Gasteiger partial charge is 0.181 e. The maximum Gasteiger partial charge on any atom is 0.181 e. The van der Waals surface area contributed by atoms with Gasteiger partial charge in [0.15, 0.2) is 5.65 Å². The molecule has 0 radical (unpaired) electrons. The summed E-state index contributed by atoms with van der Waals surface area (Å²) in [4.78, 5) is 24.1. The third-order valence-electron chi connectivity index (χ3n) is 6.66. The van der Waals surface area contributed by atoms with Gasteiger partial charge in [-0.05, 0) is 51.0 Å². The number of aromatic nitrogens is 6. The lowest BCUT2D eigenvalue weighted by molar-refractivity contribution is 0.313. The summed E-state index contributed by atoms with van der Waals surface area (Å²) in [5, 5.41) is 9.75. The number of rotatable bonds is 5. The predicted molar refractivity (Wildman–Crippen MR) is 139 cm³/mol. The van der Waals surface area contributed by atoms with Gasteiger partial charge in [-0.15, -0.1) is 0 Å². The molecule has 1 aliphatic rings. The van der Waals surface area contributed by atoms with Crippen LogP contribution >= 0.6 is 0 Å². The maximum atomic E-state index is 4.62.